The van der Waals surface area contributed by atoms with E-state index in [4.69, 9.17) is 75.3 Å². The lowest BCUT2D eigenvalue weighted by Gasteiger charge is -2.60. The fourth-order valence-electron chi connectivity index (χ4n) is 7.84. The van der Waals surface area contributed by atoms with Crippen molar-refractivity contribution in [2.75, 3.05) is 68.1 Å². The molecule has 4 fully saturated rings. The predicted octanol–water partition coefficient (Wildman–Crippen LogP) is 9.80. The van der Waals surface area contributed by atoms with Crippen LogP contribution in [0.4, 0.5) is 0 Å². The van der Waals surface area contributed by atoms with E-state index in [9.17, 15) is 19.2 Å². The van der Waals surface area contributed by atoms with Crippen molar-refractivity contribution in [3.63, 3.8) is 0 Å². The zero-order valence-electron chi connectivity index (χ0n) is 51.6. The maximum Gasteiger partial charge on any atom is 0.661 e. The SMILES string of the molecule is C=CCOc1ccc(C(=O)OC)cc1.CCO[Si](CCCOc1ccc(C(=O)OC)cc1)(OCC)OCC.COC(=O)c1ccc(O)cc1.COC(=O)c1ccc(OCCC[Si]23O[Si]4(OC(C)C)O[Si](OC(C)C)(O2)O[Si](OC(C)(C)C)(O3)O4)cc1. The molecule has 4 saturated heterocycles. The van der Waals surface area contributed by atoms with E-state index in [1.807, 2.05) is 69.2 Å². The van der Waals surface area contributed by atoms with Gasteiger partial charge in [0, 0.05) is 44.1 Å². The number of aromatic hydroxyl groups is 1. The van der Waals surface area contributed by atoms with Crippen molar-refractivity contribution < 1.29 is 109 Å². The molecule has 0 radical (unpaired) electrons. The van der Waals surface area contributed by atoms with Gasteiger partial charge in [0.05, 0.1) is 69.5 Å². The van der Waals surface area contributed by atoms with Crippen molar-refractivity contribution in [1.29, 1.82) is 0 Å². The van der Waals surface area contributed by atoms with Crippen molar-refractivity contribution in [3.05, 3.63) is 132 Å². The van der Waals surface area contributed by atoms with E-state index in [1.165, 1.54) is 52.7 Å². The van der Waals surface area contributed by atoms with E-state index in [0.29, 0.717) is 97.7 Å². The van der Waals surface area contributed by atoms with E-state index < -0.39 is 62.3 Å². The zero-order chi connectivity index (χ0) is 63.6. The number of hydrogen-bond acceptors (Lipinski definition) is 24. The third kappa shape index (κ3) is 23.1. The molecule has 4 aromatic carbocycles. The lowest BCUT2D eigenvalue weighted by Crippen LogP contribution is -2.91. The molecule has 4 bridgehead atoms. The summed E-state index contributed by atoms with van der Waals surface area (Å²) in [5.41, 5.74) is 1.25. The van der Waals surface area contributed by atoms with Crippen molar-refractivity contribution in [2.45, 2.75) is 112 Å². The third-order valence-corrected chi connectivity index (χ3v) is 30.4. The summed E-state index contributed by atoms with van der Waals surface area (Å²) in [7, 11) is -12.0. The molecule has 2 atom stereocenters. The largest absolute Gasteiger partial charge is 0.661 e. The molecule has 0 spiro atoms. The fraction of sp³-hybridized carbons (Fsp3) is 0.474. The van der Waals surface area contributed by atoms with Crippen LogP contribution < -0.4 is 14.2 Å². The molecule has 476 valence electrons. The molecule has 1 N–H and O–H groups in total. The Morgan fingerprint density at radius 2 is 0.860 bits per heavy atom. The molecule has 86 heavy (non-hydrogen) atoms. The predicted molar refractivity (Wildman–Crippen MR) is 322 cm³/mol. The average molecular weight is 1290 g/mol. The Balaban J connectivity index is 0.000000275. The van der Waals surface area contributed by atoms with Gasteiger partial charge in [0.2, 0.25) is 0 Å². The van der Waals surface area contributed by atoms with Gasteiger partial charge < -0.3 is 89.5 Å². The minimum absolute atomic E-state index is 0.137. The van der Waals surface area contributed by atoms with Crippen LogP contribution in [0.15, 0.2) is 110 Å². The first-order valence-corrected chi connectivity index (χ1v) is 36.7. The van der Waals surface area contributed by atoms with Crippen molar-refractivity contribution in [1.82, 2.24) is 0 Å². The van der Waals surface area contributed by atoms with Gasteiger partial charge in [-0.25, -0.2) is 19.2 Å². The quantitative estimate of drug-likeness (QED) is 0.0182. The van der Waals surface area contributed by atoms with E-state index in [1.54, 1.807) is 78.9 Å². The first kappa shape index (κ1) is 72.8. The number of ether oxygens (including phenoxy) is 7. The lowest BCUT2D eigenvalue weighted by molar-refractivity contribution is -0.165. The molecule has 2 unspecified atom stereocenters. The molecule has 24 nitrogen and oxygen atoms in total. The second-order valence-corrected chi connectivity index (χ2v) is 33.1. The molecule has 0 saturated carbocycles. The van der Waals surface area contributed by atoms with Gasteiger partial charge in [0.25, 0.3) is 0 Å². The smallest absolute Gasteiger partial charge is 0.508 e. The van der Waals surface area contributed by atoms with Crippen molar-refractivity contribution >= 4 is 68.6 Å². The second kappa shape index (κ2) is 34.7. The maximum atomic E-state index is 11.6. The highest BCUT2D eigenvalue weighted by Gasteiger charge is 2.88. The van der Waals surface area contributed by atoms with Crippen LogP contribution in [0, 0.1) is 0 Å². The zero-order valence-corrected chi connectivity index (χ0v) is 56.6. The second-order valence-electron chi connectivity index (χ2n) is 19.9. The number of phenolic OH excluding ortho intramolecular Hbond substituents is 1. The Hall–Kier alpha value is -5.70. The number of benzene rings is 4. The number of hydrogen-bond donors (Lipinski definition) is 1. The number of esters is 4. The van der Waals surface area contributed by atoms with Gasteiger partial charge in [0.1, 0.15) is 29.6 Å². The molecular formula is C57H84O24Si5. The Labute approximate surface area is 510 Å². The molecular weight excluding hydrogens is 1210 g/mol. The summed E-state index contributed by atoms with van der Waals surface area (Å²) in [6.45, 7) is 25.6. The molecule has 29 heteroatoms. The van der Waals surface area contributed by atoms with E-state index in [0.717, 1.165) is 6.42 Å². The van der Waals surface area contributed by atoms with Gasteiger partial charge in [-0.15, -0.1) is 0 Å². The molecule has 4 aromatic rings. The minimum atomic E-state index is -3.80. The van der Waals surface area contributed by atoms with Gasteiger partial charge in [-0.05, 0) is 179 Å². The summed E-state index contributed by atoms with van der Waals surface area (Å²) >= 11 is 0. The molecule has 4 heterocycles. The fourth-order valence-corrected chi connectivity index (χ4v) is 30.5. The highest BCUT2D eigenvalue weighted by atomic mass is 28.6. The minimum Gasteiger partial charge on any atom is -0.508 e. The maximum absolute atomic E-state index is 11.6. The van der Waals surface area contributed by atoms with E-state index in [-0.39, 0.29) is 29.9 Å². The summed E-state index contributed by atoms with van der Waals surface area (Å²) in [4.78, 5) is 44.9. The summed E-state index contributed by atoms with van der Waals surface area (Å²) in [6, 6.07) is 27.3. The topological polar surface area (TPSA) is 264 Å². The molecule has 0 aliphatic carbocycles. The molecule has 8 rings (SSSR count). The highest BCUT2D eigenvalue weighted by Crippen LogP contribution is 2.51. The van der Waals surface area contributed by atoms with Crippen LogP contribution >= 0.6 is 0 Å². The molecule has 4 aliphatic rings. The highest BCUT2D eigenvalue weighted by molar-refractivity contribution is 6.98. The summed E-state index contributed by atoms with van der Waals surface area (Å²) < 4.78 is 109. The summed E-state index contributed by atoms with van der Waals surface area (Å²) in [5, 5.41) is 8.86. The Morgan fingerprint density at radius 1 is 0.523 bits per heavy atom. The Morgan fingerprint density at radius 3 is 1.20 bits per heavy atom. The number of carbonyl (C=O) groups is 4. The van der Waals surface area contributed by atoms with Gasteiger partial charge in [-0.1, -0.05) is 12.7 Å². The first-order valence-electron chi connectivity index (χ1n) is 27.9. The molecule has 0 amide bonds. The van der Waals surface area contributed by atoms with E-state index in [2.05, 4.69) is 20.8 Å². The van der Waals surface area contributed by atoms with Crippen molar-refractivity contribution in [3.8, 4) is 23.0 Å². The number of phenols is 1. The van der Waals surface area contributed by atoms with Crippen LogP contribution in [0.25, 0.3) is 0 Å². The molecule has 0 aromatic heterocycles. The first-order chi connectivity index (χ1) is 40.8. The van der Waals surface area contributed by atoms with Gasteiger partial charge in [-0.2, -0.15) is 0 Å². The summed E-state index contributed by atoms with van der Waals surface area (Å²) in [5.74, 6) is 0.654. The number of rotatable bonds is 28. The van der Waals surface area contributed by atoms with Crippen LogP contribution in [0.5, 0.6) is 23.0 Å². The van der Waals surface area contributed by atoms with Crippen molar-refractivity contribution in [2.24, 2.45) is 0 Å². The Bertz CT molecular complexity index is 2670. The average Bonchev–Trinajstić information content (AvgIpc) is 0.695. The van der Waals surface area contributed by atoms with Crippen LogP contribution in [-0.2, 0) is 70.2 Å². The monoisotopic (exact) mass is 1290 g/mol. The van der Waals surface area contributed by atoms with Gasteiger partial charge in [-0.3, -0.25) is 0 Å². The van der Waals surface area contributed by atoms with Crippen LogP contribution in [-0.4, -0.2) is 160 Å². The third-order valence-electron chi connectivity index (χ3n) is 11.2. The lowest BCUT2D eigenvalue weighted by atomic mass is 10.2. The molecule has 4 aliphatic heterocycles. The Kier molecular flexibility index (Phi) is 29.4. The van der Waals surface area contributed by atoms with Gasteiger partial charge in [0.15, 0.2) is 0 Å². The van der Waals surface area contributed by atoms with E-state index >= 15 is 0 Å². The number of methoxy groups -OCH3 is 4. The van der Waals surface area contributed by atoms with Crippen LogP contribution in [0.2, 0.25) is 12.1 Å². The van der Waals surface area contributed by atoms with Crippen LogP contribution in [0.1, 0.15) is 124 Å². The van der Waals surface area contributed by atoms with Crippen LogP contribution in [0.3, 0.4) is 0 Å². The number of carbonyl (C=O) groups excluding carboxylic acids is 4. The standard InChI is InChI=1S/C21H36O12Si4.C17H28O6Si.C11H12O3.C8H8O3/c1-16(2)25-35-28-34(15-9-14-24-19-12-10-18(11-13-19)20(22)23-8)29-36(31-35,26-17(3)4)33-37(30-34,32-35)27-21(5,6)7;1-5-21-24(22-6-2,23-7-3)14-8-13-20-16-11-9-15(10-12-16)17(18)19-4;1-3-8-14-10-6-4-9(5-7-10)11(12)13-2;1-11-8(10)6-2-4-7(9)5-3-6/h10-13,16-17H,9,14-15H2,1-8H3;9-12H,5-8,13-14H2,1-4H3;3-7H,1,8H2,2H3;2-5,9H,1H3. The normalized spacial score (nSPS) is 20.0. The summed E-state index contributed by atoms with van der Waals surface area (Å²) in [6.07, 6.45) is 2.45. The van der Waals surface area contributed by atoms with Gasteiger partial charge >= 0.3 is 68.6 Å².